The van der Waals surface area contributed by atoms with Crippen molar-refractivity contribution in [1.82, 2.24) is 0 Å². The van der Waals surface area contributed by atoms with Gasteiger partial charge in [0.1, 0.15) is 0 Å². The maximum absolute atomic E-state index is 12.4. The van der Waals surface area contributed by atoms with Gasteiger partial charge in [-0.05, 0) is 30.7 Å². The first-order valence-corrected chi connectivity index (χ1v) is 8.22. The van der Waals surface area contributed by atoms with Crippen molar-refractivity contribution in [2.45, 2.75) is 17.6 Å². The number of esters is 1. The van der Waals surface area contributed by atoms with Crippen LogP contribution in [-0.4, -0.2) is 21.0 Å². The fourth-order valence-corrected chi connectivity index (χ4v) is 3.37. The SMILES string of the molecule is CCOC(=O)c1ccccc1CS(=O)(=O)c1ccccc1. The van der Waals surface area contributed by atoms with Gasteiger partial charge < -0.3 is 4.74 Å². The molecule has 4 nitrogen and oxygen atoms in total. The second-order valence-corrected chi connectivity index (χ2v) is 6.44. The minimum atomic E-state index is -3.49. The number of hydrogen-bond acceptors (Lipinski definition) is 4. The number of ether oxygens (including phenoxy) is 1. The Morgan fingerprint density at radius 3 is 2.29 bits per heavy atom. The van der Waals surface area contributed by atoms with E-state index in [9.17, 15) is 13.2 Å². The fraction of sp³-hybridized carbons (Fsp3) is 0.188. The van der Waals surface area contributed by atoms with E-state index in [1.807, 2.05) is 0 Å². The van der Waals surface area contributed by atoms with Gasteiger partial charge in [-0.2, -0.15) is 0 Å². The molecule has 2 aromatic carbocycles. The summed E-state index contributed by atoms with van der Waals surface area (Å²) >= 11 is 0. The van der Waals surface area contributed by atoms with Gasteiger partial charge in [0.2, 0.25) is 0 Å². The van der Waals surface area contributed by atoms with Crippen LogP contribution in [0.5, 0.6) is 0 Å². The molecular weight excluding hydrogens is 288 g/mol. The first-order chi connectivity index (χ1) is 10.0. The van der Waals surface area contributed by atoms with Crippen molar-refractivity contribution in [3.63, 3.8) is 0 Å². The Balaban J connectivity index is 2.34. The average Bonchev–Trinajstić information content (AvgIpc) is 2.48. The molecule has 0 saturated carbocycles. The molecule has 0 fully saturated rings. The van der Waals surface area contributed by atoms with E-state index >= 15 is 0 Å². The molecule has 0 saturated heterocycles. The molecule has 0 heterocycles. The van der Waals surface area contributed by atoms with Crippen molar-refractivity contribution in [3.8, 4) is 0 Å². The number of benzene rings is 2. The van der Waals surface area contributed by atoms with Crippen molar-refractivity contribution in [2.75, 3.05) is 6.61 Å². The van der Waals surface area contributed by atoms with Crippen LogP contribution in [0.2, 0.25) is 0 Å². The highest BCUT2D eigenvalue weighted by molar-refractivity contribution is 7.90. The Morgan fingerprint density at radius 1 is 1.00 bits per heavy atom. The van der Waals surface area contributed by atoms with Crippen LogP contribution in [0.15, 0.2) is 59.5 Å². The molecule has 0 aliphatic carbocycles. The first kappa shape index (κ1) is 15.3. The van der Waals surface area contributed by atoms with E-state index in [1.165, 1.54) is 0 Å². The van der Waals surface area contributed by atoms with E-state index in [0.717, 1.165) is 0 Å². The summed E-state index contributed by atoms with van der Waals surface area (Å²) in [6, 6.07) is 14.8. The van der Waals surface area contributed by atoms with Crippen LogP contribution in [-0.2, 0) is 20.3 Å². The third-order valence-electron chi connectivity index (χ3n) is 2.96. The molecule has 0 N–H and O–H groups in total. The second-order valence-electron chi connectivity index (χ2n) is 4.45. The van der Waals surface area contributed by atoms with Crippen LogP contribution in [0.25, 0.3) is 0 Å². The van der Waals surface area contributed by atoms with E-state index in [2.05, 4.69) is 0 Å². The zero-order chi connectivity index (χ0) is 15.3. The van der Waals surface area contributed by atoms with Crippen molar-refractivity contribution in [2.24, 2.45) is 0 Å². The number of rotatable bonds is 5. The summed E-state index contributed by atoms with van der Waals surface area (Å²) < 4.78 is 29.7. The van der Waals surface area contributed by atoms with Gasteiger partial charge in [0, 0.05) is 0 Å². The lowest BCUT2D eigenvalue weighted by Crippen LogP contribution is -2.12. The number of hydrogen-bond donors (Lipinski definition) is 0. The van der Waals surface area contributed by atoms with Gasteiger partial charge in [0.05, 0.1) is 22.8 Å². The highest BCUT2D eigenvalue weighted by atomic mass is 32.2. The highest BCUT2D eigenvalue weighted by Crippen LogP contribution is 2.19. The van der Waals surface area contributed by atoms with Crippen LogP contribution >= 0.6 is 0 Å². The van der Waals surface area contributed by atoms with Crippen LogP contribution in [0.4, 0.5) is 0 Å². The van der Waals surface area contributed by atoms with E-state index < -0.39 is 15.8 Å². The molecule has 0 unspecified atom stereocenters. The van der Waals surface area contributed by atoms with E-state index in [1.54, 1.807) is 61.5 Å². The summed E-state index contributed by atoms with van der Waals surface area (Å²) in [5.41, 5.74) is 0.735. The lowest BCUT2D eigenvalue weighted by molar-refractivity contribution is 0.0525. The van der Waals surface area contributed by atoms with Crippen molar-refractivity contribution >= 4 is 15.8 Å². The van der Waals surface area contributed by atoms with Gasteiger partial charge in [-0.3, -0.25) is 0 Å². The zero-order valence-electron chi connectivity index (χ0n) is 11.7. The molecule has 2 rings (SSSR count). The summed E-state index contributed by atoms with van der Waals surface area (Å²) in [4.78, 5) is 12.1. The Hall–Kier alpha value is -2.14. The Labute approximate surface area is 124 Å². The monoisotopic (exact) mass is 304 g/mol. The number of carbonyl (C=O) groups excluding carboxylic acids is 1. The molecule has 0 atom stereocenters. The molecule has 0 amide bonds. The Morgan fingerprint density at radius 2 is 1.62 bits per heavy atom. The van der Waals surface area contributed by atoms with Gasteiger partial charge >= 0.3 is 5.97 Å². The quantitative estimate of drug-likeness (QED) is 0.797. The Kier molecular flexibility index (Phi) is 4.75. The first-order valence-electron chi connectivity index (χ1n) is 6.57. The van der Waals surface area contributed by atoms with Gasteiger partial charge in [0.15, 0.2) is 9.84 Å². The minimum absolute atomic E-state index is 0.230. The maximum atomic E-state index is 12.4. The van der Waals surface area contributed by atoms with Gasteiger partial charge in [-0.15, -0.1) is 0 Å². The van der Waals surface area contributed by atoms with Gasteiger partial charge in [-0.25, -0.2) is 13.2 Å². The predicted octanol–water partition coefficient (Wildman–Crippen LogP) is 2.84. The normalized spacial score (nSPS) is 11.1. The predicted molar refractivity (Wildman–Crippen MR) is 79.7 cm³/mol. The number of sulfone groups is 1. The summed E-state index contributed by atoms with van der Waals surface area (Å²) in [6.07, 6.45) is 0. The van der Waals surface area contributed by atoms with Crippen LogP contribution < -0.4 is 0 Å². The maximum Gasteiger partial charge on any atom is 0.338 e. The van der Waals surface area contributed by atoms with Gasteiger partial charge in [0.25, 0.3) is 0 Å². The average molecular weight is 304 g/mol. The lowest BCUT2D eigenvalue weighted by Gasteiger charge is -2.09. The molecule has 0 radical (unpaired) electrons. The van der Waals surface area contributed by atoms with E-state index in [0.29, 0.717) is 11.1 Å². The van der Waals surface area contributed by atoms with Crippen molar-refractivity contribution in [3.05, 3.63) is 65.7 Å². The summed E-state index contributed by atoms with van der Waals surface area (Å²) in [7, 11) is -3.49. The van der Waals surface area contributed by atoms with Crippen LogP contribution in [0, 0.1) is 0 Å². The molecule has 0 aromatic heterocycles. The highest BCUT2D eigenvalue weighted by Gasteiger charge is 2.19. The lowest BCUT2D eigenvalue weighted by atomic mass is 10.1. The molecular formula is C16H16O4S. The fourth-order valence-electron chi connectivity index (χ4n) is 1.97. The third-order valence-corrected chi connectivity index (χ3v) is 4.64. The minimum Gasteiger partial charge on any atom is -0.462 e. The molecule has 110 valence electrons. The largest absolute Gasteiger partial charge is 0.462 e. The molecule has 0 spiro atoms. The van der Waals surface area contributed by atoms with E-state index in [-0.39, 0.29) is 17.3 Å². The standard InChI is InChI=1S/C16H16O4S/c1-2-20-16(17)15-11-7-6-8-13(15)12-21(18,19)14-9-4-3-5-10-14/h3-11H,2,12H2,1H3. The summed E-state index contributed by atoms with van der Waals surface area (Å²) in [5, 5.41) is 0. The zero-order valence-corrected chi connectivity index (χ0v) is 12.5. The van der Waals surface area contributed by atoms with Crippen molar-refractivity contribution < 1.29 is 17.9 Å². The Bertz CT molecular complexity index is 721. The molecule has 0 aliphatic heterocycles. The molecule has 21 heavy (non-hydrogen) atoms. The van der Waals surface area contributed by atoms with Crippen LogP contribution in [0.3, 0.4) is 0 Å². The topological polar surface area (TPSA) is 60.4 Å². The molecule has 0 aliphatic rings. The molecule has 2 aromatic rings. The van der Waals surface area contributed by atoms with Crippen molar-refractivity contribution in [1.29, 1.82) is 0 Å². The molecule has 0 bridgehead atoms. The van der Waals surface area contributed by atoms with Gasteiger partial charge in [-0.1, -0.05) is 36.4 Å². The number of carbonyl (C=O) groups is 1. The molecule has 5 heteroatoms. The smallest absolute Gasteiger partial charge is 0.338 e. The summed E-state index contributed by atoms with van der Waals surface area (Å²) in [6.45, 7) is 1.96. The third kappa shape index (κ3) is 3.70. The second kappa shape index (κ2) is 6.54. The van der Waals surface area contributed by atoms with E-state index in [4.69, 9.17) is 4.74 Å². The summed E-state index contributed by atoms with van der Waals surface area (Å²) in [5.74, 6) is -0.734. The van der Waals surface area contributed by atoms with Crippen LogP contribution in [0.1, 0.15) is 22.8 Å².